The minimum absolute atomic E-state index is 0.234. The number of halogens is 1. The quantitative estimate of drug-likeness (QED) is 0.877. The Morgan fingerprint density at radius 1 is 1.44 bits per heavy atom. The predicted molar refractivity (Wildman–Crippen MR) is 74.6 cm³/mol. The number of hydrogen-bond donors (Lipinski definition) is 2. The van der Waals surface area contributed by atoms with Crippen LogP contribution in [-0.4, -0.2) is 12.6 Å². The summed E-state index contributed by atoms with van der Waals surface area (Å²) < 4.78 is 0. The van der Waals surface area contributed by atoms with Crippen LogP contribution < -0.4 is 11.1 Å². The fourth-order valence-electron chi connectivity index (χ4n) is 2.66. The summed E-state index contributed by atoms with van der Waals surface area (Å²) in [6.07, 6.45) is 5.00. The number of anilines is 1. The maximum atomic E-state index is 9.10. The van der Waals surface area contributed by atoms with Gasteiger partial charge in [0.25, 0.3) is 0 Å². The number of nitrogens with zero attached hydrogens (tertiary/aromatic N) is 1. The predicted octanol–water partition coefficient (Wildman–Crippen LogP) is 3.14. The zero-order valence-corrected chi connectivity index (χ0v) is 11.1. The molecule has 1 aliphatic rings. The molecule has 18 heavy (non-hydrogen) atoms. The van der Waals surface area contributed by atoms with Crippen molar-refractivity contribution < 1.29 is 0 Å². The minimum Gasteiger partial charge on any atom is -0.380 e. The van der Waals surface area contributed by atoms with E-state index in [9.17, 15) is 0 Å². The molecular formula is C14H18ClN3. The third-order valence-corrected chi connectivity index (χ3v) is 3.90. The summed E-state index contributed by atoms with van der Waals surface area (Å²) in [6, 6.07) is 7.70. The van der Waals surface area contributed by atoms with E-state index in [1.807, 2.05) is 0 Å². The highest BCUT2D eigenvalue weighted by Gasteiger charge is 2.24. The topological polar surface area (TPSA) is 61.8 Å². The average molecular weight is 264 g/mol. The third-order valence-electron chi connectivity index (χ3n) is 3.67. The molecule has 3 N–H and O–H groups in total. The van der Waals surface area contributed by atoms with Gasteiger partial charge >= 0.3 is 0 Å². The van der Waals surface area contributed by atoms with Crippen LogP contribution in [0, 0.1) is 17.2 Å². The Labute approximate surface area is 113 Å². The smallest absolute Gasteiger partial charge is 0.101 e. The molecule has 1 atom stereocenters. The first-order valence-corrected chi connectivity index (χ1v) is 6.78. The van der Waals surface area contributed by atoms with Crippen molar-refractivity contribution in [2.24, 2.45) is 11.7 Å². The van der Waals surface area contributed by atoms with Gasteiger partial charge in [0.15, 0.2) is 0 Å². The van der Waals surface area contributed by atoms with Gasteiger partial charge in [-0.05, 0) is 37.0 Å². The normalized spacial score (nSPS) is 17.4. The molecule has 0 heterocycles. The van der Waals surface area contributed by atoms with Crippen molar-refractivity contribution in [1.29, 1.82) is 5.26 Å². The minimum atomic E-state index is 0.234. The van der Waals surface area contributed by atoms with Crippen LogP contribution in [0.4, 0.5) is 5.69 Å². The molecule has 2 rings (SSSR count). The number of nitrogens with two attached hydrogens (primary N) is 1. The highest BCUT2D eigenvalue weighted by Crippen LogP contribution is 2.30. The Hall–Kier alpha value is -1.24. The van der Waals surface area contributed by atoms with Gasteiger partial charge in [-0.3, -0.25) is 0 Å². The molecule has 3 nitrogen and oxygen atoms in total. The molecule has 0 radical (unpaired) electrons. The molecule has 0 amide bonds. The Morgan fingerprint density at radius 2 is 2.17 bits per heavy atom. The summed E-state index contributed by atoms with van der Waals surface area (Å²) in [5.74, 6) is 0.612. The van der Waals surface area contributed by atoms with Crippen molar-refractivity contribution >= 4 is 17.3 Å². The van der Waals surface area contributed by atoms with Gasteiger partial charge in [-0.15, -0.1) is 0 Å². The van der Waals surface area contributed by atoms with E-state index >= 15 is 0 Å². The number of nitrogens with one attached hydrogen (secondary N) is 1. The van der Waals surface area contributed by atoms with Crippen molar-refractivity contribution in [1.82, 2.24) is 0 Å². The van der Waals surface area contributed by atoms with E-state index in [1.54, 1.807) is 18.2 Å². The van der Waals surface area contributed by atoms with E-state index in [0.717, 1.165) is 5.69 Å². The van der Waals surface area contributed by atoms with E-state index in [-0.39, 0.29) is 6.04 Å². The van der Waals surface area contributed by atoms with Crippen LogP contribution in [0.5, 0.6) is 0 Å². The molecule has 0 aliphatic heterocycles. The molecule has 1 unspecified atom stereocenters. The average Bonchev–Trinajstić information content (AvgIpc) is 2.90. The van der Waals surface area contributed by atoms with Crippen LogP contribution >= 0.6 is 11.6 Å². The maximum absolute atomic E-state index is 9.10. The first kappa shape index (κ1) is 13.2. The SMILES string of the molecule is N#Cc1ccc(Cl)cc1NC(CN)C1CCCC1. The third kappa shape index (κ3) is 2.95. The largest absolute Gasteiger partial charge is 0.380 e. The molecule has 0 saturated heterocycles. The number of benzene rings is 1. The highest BCUT2D eigenvalue weighted by molar-refractivity contribution is 6.30. The summed E-state index contributed by atoms with van der Waals surface area (Å²) in [4.78, 5) is 0. The van der Waals surface area contributed by atoms with Crippen LogP contribution in [0.15, 0.2) is 18.2 Å². The lowest BCUT2D eigenvalue weighted by Crippen LogP contribution is -2.35. The lowest BCUT2D eigenvalue weighted by Gasteiger charge is -2.24. The van der Waals surface area contributed by atoms with Crippen molar-refractivity contribution in [3.8, 4) is 6.07 Å². The van der Waals surface area contributed by atoms with Crippen LogP contribution in [0.2, 0.25) is 5.02 Å². The molecule has 1 aromatic carbocycles. The van der Waals surface area contributed by atoms with E-state index in [4.69, 9.17) is 22.6 Å². The standard InChI is InChI=1S/C14H18ClN3/c15-12-6-5-11(8-16)13(7-12)18-14(9-17)10-3-1-2-4-10/h5-7,10,14,18H,1-4,9,17H2. The maximum Gasteiger partial charge on any atom is 0.101 e. The molecule has 4 heteroatoms. The van der Waals surface area contributed by atoms with Crippen LogP contribution in [0.1, 0.15) is 31.2 Å². The van der Waals surface area contributed by atoms with Crippen LogP contribution in [0.25, 0.3) is 0 Å². The van der Waals surface area contributed by atoms with Crippen LogP contribution in [-0.2, 0) is 0 Å². The Morgan fingerprint density at radius 3 is 2.78 bits per heavy atom. The van der Waals surface area contributed by atoms with Crippen molar-refractivity contribution in [2.75, 3.05) is 11.9 Å². The molecule has 0 aromatic heterocycles. The molecular weight excluding hydrogens is 246 g/mol. The van der Waals surface area contributed by atoms with E-state index in [1.165, 1.54) is 25.7 Å². The Kier molecular flexibility index (Phi) is 4.46. The fraction of sp³-hybridized carbons (Fsp3) is 0.500. The summed E-state index contributed by atoms with van der Waals surface area (Å²) >= 11 is 5.98. The fourth-order valence-corrected chi connectivity index (χ4v) is 2.83. The lowest BCUT2D eigenvalue weighted by atomic mass is 9.97. The number of nitriles is 1. The number of hydrogen-bond acceptors (Lipinski definition) is 3. The molecule has 1 saturated carbocycles. The zero-order chi connectivity index (χ0) is 13.0. The van der Waals surface area contributed by atoms with Gasteiger partial charge in [-0.25, -0.2) is 0 Å². The molecule has 96 valence electrons. The molecule has 1 fully saturated rings. The Bertz CT molecular complexity index is 447. The van der Waals surface area contributed by atoms with Gasteiger partial charge < -0.3 is 11.1 Å². The summed E-state index contributed by atoms with van der Waals surface area (Å²) in [6.45, 7) is 0.585. The van der Waals surface area contributed by atoms with Gasteiger partial charge in [0.2, 0.25) is 0 Å². The number of rotatable bonds is 4. The van der Waals surface area contributed by atoms with Gasteiger partial charge in [-0.2, -0.15) is 5.26 Å². The lowest BCUT2D eigenvalue weighted by molar-refractivity contribution is 0.462. The van der Waals surface area contributed by atoms with E-state index in [0.29, 0.717) is 23.0 Å². The molecule has 1 aliphatic carbocycles. The summed E-state index contributed by atoms with van der Waals surface area (Å²) in [5.41, 5.74) is 7.27. The van der Waals surface area contributed by atoms with E-state index < -0.39 is 0 Å². The molecule has 1 aromatic rings. The summed E-state index contributed by atoms with van der Waals surface area (Å²) in [5, 5.41) is 13.1. The monoisotopic (exact) mass is 263 g/mol. The second-order valence-electron chi connectivity index (χ2n) is 4.83. The highest BCUT2D eigenvalue weighted by atomic mass is 35.5. The van der Waals surface area contributed by atoms with Crippen molar-refractivity contribution in [2.45, 2.75) is 31.7 Å². The second kappa shape index (κ2) is 6.08. The zero-order valence-electron chi connectivity index (χ0n) is 10.3. The van der Waals surface area contributed by atoms with Gasteiger partial charge in [0.05, 0.1) is 11.3 Å². The molecule has 0 bridgehead atoms. The van der Waals surface area contributed by atoms with E-state index in [2.05, 4.69) is 11.4 Å². The first-order valence-electron chi connectivity index (χ1n) is 6.41. The first-order chi connectivity index (χ1) is 8.74. The van der Waals surface area contributed by atoms with Crippen molar-refractivity contribution in [3.63, 3.8) is 0 Å². The van der Waals surface area contributed by atoms with Gasteiger partial charge in [0, 0.05) is 17.6 Å². The Balaban J connectivity index is 2.16. The van der Waals surface area contributed by atoms with Gasteiger partial charge in [0.1, 0.15) is 6.07 Å². The second-order valence-corrected chi connectivity index (χ2v) is 5.27. The van der Waals surface area contributed by atoms with Gasteiger partial charge in [-0.1, -0.05) is 24.4 Å². The molecule has 0 spiro atoms. The van der Waals surface area contributed by atoms with Crippen LogP contribution in [0.3, 0.4) is 0 Å². The summed E-state index contributed by atoms with van der Waals surface area (Å²) in [7, 11) is 0. The van der Waals surface area contributed by atoms with Crippen molar-refractivity contribution in [3.05, 3.63) is 28.8 Å².